The summed E-state index contributed by atoms with van der Waals surface area (Å²) in [5.41, 5.74) is 1.95. The number of rotatable bonds is 6. The van der Waals surface area contributed by atoms with Crippen molar-refractivity contribution in [2.45, 2.75) is 57.1 Å². The third-order valence-corrected chi connectivity index (χ3v) is 4.81. The summed E-state index contributed by atoms with van der Waals surface area (Å²) >= 11 is 1.74. The highest BCUT2D eigenvalue weighted by atomic mass is 32.1. The van der Waals surface area contributed by atoms with Gasteiger partial charge in [-0.2, -0.15) is 0 Å². The summed E-state index contributed by atoms with van der Waals surface area (Å²) in [5, 5.41) is 3.49. The molecule has 4 heteroatoms. The lowest BCUT2D eigenvalue weighted by Crippen LogP contribution is -2.53. The van der Waals surface area contributed by atoms with Crippen molar-refractivity contribution in [2.75, 3.05) is 13.7 Å². The van der Waals surface area contributed by atoms with E-state index in [0.29, 0.717) is 6.04 Å². The van der Waals surface area contributed by atoms with Crippen LogP contribution in [0.5, 0.6) is 0 Å². The van der Waals surface area contributed by atoms with E-state index in [2.05, 4.69) is 24.3 Å². The van der Waals surface area contributed by atoms with E-state index in [9.17, 15) is 0 Å². The molecule has 1 saturated carbocycles. The highest BCUT2D eigenvalue weighted by molar-refractivity contribution is 7.09. The Hall–Kier alpha value is -0.450. The minimum Gasteiger partial charge on any atom is -0.374 e. The number of likely N-dealkylation sites (N-methyl/N-ethyl adjacent to an activating group) is 1. The zero-order valence-electron chi connectivity index (χ0n) is 11.4. The van der Waals surface area contributed by atoms with Crippen LogP contribution in [0.3, 0.4) is 0 Å². The molecule has 1 aliphatic carbocycles. The molecule has 1 heterocycles. The van der Waals surface area contributed by atoms with Gasteiger partial charge < -0.3 is 10.1 Å². The first-order chi connectivity index (χ1) is 8.80. The molecule has 102 valence electrons. The maximum atomic E-state index is 6.19. The molecule has 1 atom stereocenters. The molecule has 1 fully saturated rings. The monoisotopic (exact) mass is 268 g/mol. The molecule has 0 radical (unpaired) electrons. The fourth-order valence-electron chi connectivity index (χ4n) is 3.13. The third kappa shape index (κ3) is 3.11. The summed E-state index contributed by atoms with van der Waals surface area (Å²) in [4.78, 5) is 5.52. The van der Waals surface area contributed by atoms with Crippen molar-refractivity contribution >= 4 is 11.3 Å². The molecule has 0 bridgehead atoms. The first-order valence-corrected chi connectivity index (χ1v) is 7.87. The molecule has 1 unspecified atom stereocenters. The van der Waals surface area contributed by atoms with Gasteiger partial charge in [-0.1, -0.05) is 19.3 Å². The Morgan fingerprint density at radius 2 is 2.22 bits per heavy atom. The number of ether oxygens (including phenoxy) is 1. The van der Waals surface area contributed by atoms with Gasteiger partial charge in [-0.3, -0.25) is 4.98 Å². The van der Waals surface area contributed by atoms with Crippen molar-refractivity contribution < 1.29 is 4.74 Å². The largest absolute Gasteiger partial charge is 0.374 e. The molecule has 1 N–H and O–H groups in total. The van der Waals surface area contributed by atoms with Gasteiger partial charge in [-0.05, 0) is 26.8 Å². The Balaban J connectivity index is 2.10. The summed E-state index contributed by atoms with van der Waals surface area (Å²) in [6.45, 7) is 2.91. The maximum Gasteiger partial charge on any atom is 0.0838 e. The molecule has 0 spiro atoms. The first-order valence-electron chi connectivity index (χ1n) is 6.99. The van der Waals surface area contributed by atoms with E-state index >= 15 is 0 Å². The highest BCUT2D eigenvalue weighted by Gasteiger charge is 2.39. The molecule has 3 nitrogen and oxygen atoms in total. The van der Waals surface area contributed by atoms with E-state index in [1.807, 2.05) is 11.7 Å². The van der Waals surface area contributed by atoms with Gasteiger partial charge in [0.05, 0.1) is 11.1 Å². The number of nitrogens with zero attached hydrogens (tertiary/aromatic N) is 1. The van der Waals surface area contributed by atoms with Crippen molar-refractivity contribution in [3.8, 4) is 0 Å². The number of nitrogens with one attached hydrogen (secondary N) is 1. The van der Waals surface area contributed by atoms with Gasteiger partial charge in [0.25, 0.3) is 0 Å². The summed E-state index contributed by atoms with van der Waals surface area (Å²) in [6.07, 6.45) is 9.32. The van der Waals surface area contributed by atoms with Crippen LogP contribution in [-0.4, -0.2) is 30.3 Å². The van der Waals surface area contributed by atoms with E-state index < -0.39 is 0 Å². The third-order valence-electron chi connectivity index (χ3n) is 4.00. The van der Waals surface area contributed by atoms with Crippen molar-refractivity contribution in [3.63, 3.8) is 0 Å². The highest BCUT2D eigenvalue weighted by Crippen LogP contribution is 2.36. The van der Waals surface area contributed by atoms with Crippen molar-refractivity contribution in [1.29, 1.82) is 0 Å². The minimum atomic E-state index is 0.0335. The van der Waals surface area contributed by atoms with Crippen LogP contribution >= 0.6 is 11.3 Å². The number of aromatic nitrogens is 1. The van der Waals surface area contributed by atoms with Gasteiger partial charge in [0.15, 0.2) is 0 Å². The summed E-state index contributed by atoms with van der Waals surface area (Å²) in [5.74, 6) is 0. The molecule has 0 aromatic carbocycles. The number of thiazole rings is 1. The molecule has 1 aromatic rings. The topological polar surface area (TPSA) is 34.1 Å². The predicted molar refractivity (Wildman–Crippen MR) is 76.1 cm³/mol. The molecule has 18 heavy (non-hydrogen) atoms. The Kier molecular flexibility index (Phi) is 5.15. The van der Waals surface area contributed by atoms with Crippen LogP contribution < -0.4 is 5.32 Å². The van der Waals surface area contributed by atoms with Crippen molar-refractivity contribution in [2.24, 2.45) is 0 Å². The zero-order chi connectivity index (χ0) is 12.8. The molecule has 2 rings (SSSR count). The van der Waals surface area contributed by atoms with Crippen LogP contribution in [0, 0.1) is 0 Å². The quantitative estimate of drug-likeness (QED) is 0.861. The standard InChI is InChI=1S/C14H24N2OS/c1-3-17-14(7-5-4-6-8-14)13(15-2)9-12-10-16-11-18-12/h10-11,13,15H,3-9H2,1-2H3. The second-order valence-electron chi connectivity index (χ2n) is 5.07. The van der Waals surface area contributed by atoms with Crippen LogP contribution in [0.2, 0.25) is 0 Å². The normalized spacial score (nSPS) is 20.8. The SMILES string of the molecule is CCOC1(C(Cc2cncs2)NC)CCCCC1. The van der Waals surface area contributed by atoms with E-state index in [4.69, 9.17) is 4.74 Å². The maximum absolute atomic E-state index is 6.19. The zero-order valence-corrected chi connectivity index (χ0v) is 12.3. The van der Waals surface area contributed by atoms with Gasteiger partial charge in [0.1, 0.15) is 0 Å². The number of hydrogen-bond acceptors (Lipinski definition) is 4. The lowest BCUT2D eigenvalue weighted by molar-refractivity contribution is -0.0882. The molecule has 1 aliphatic rings. The van der Waals surface area contributed by atoms with Crippen molar-refractivity contribution in [3.05, 3.63) is 16.6 Å². The Morgan fingerprint density at radius 1 is 1.44 bits per heavy atom. The molecular formula is C14H24N2OS. The summed E-state index contributed by atoms with van der Waals surface area (Å²) in [7, 11) is 2.06. The fraction of sp³-hybridized carbons (Fsp3) is 0.786. The average Bonchev–Trinajstić information content (AvgIpc) is 2.90. The lowest BCUT2D eigenvalue weighted by Gasteiger charge is -2.43. The Labute approximate surface area is 114 Å². The van der Waals surface area contributed by atoms with Crippen molar-refractivity contribution in [1.82, 2.24) is 10.3 Å². The summed E-state index contributed by atoms with van der Waals surface area (Å²) in [6, 6.07) is 0.401. The number of hydrogen-bond donors (Lipinski definition) is 1. The van der Waals surface area contributed by atoms with Crippen LogP contribution in [0.15, 0.2) is 11.7 Å². The van der Waals surface area contributed by atoms with Gasteiger partial charge in [0.2, 0.25) is 0 Å². The molecule has 0 aliphatic heterocycles. The smallest absolute Gasteiger partial charge is 0.0838 e. The molecule has 0 saturated heterocycles. The van der Waals surface area contributed by atoms with E-state index in [0.717, 1.165) is 13.0 Å². The molecule has 0 amide bonds. The van der Waals surface area contributed by atoms with Crippen LogP contribution in [0.25, 0.3) is 0 Å². The second-order valence-corrected chi connectivity index (χ2v) is 6.04. The van der Waals surface area contributed by atoms with Gasteiger partial charge in [0, 0.05) is 30.1 Å². The average molecular weight is 268 g/mol. The first kappa shape index (κ1) is 14.0. The van der Waals surface area contributed by atoms with Crippen LogP contribution in [-0.2, 0) is 11.2 Å². The van der Waals surface area contributed by atoms with E-state index in [-0.39, 0.29) is 5.60 Å². The fourth-order valence-corrected chi connectivity index (χ4v) is 3.77. The summed E-state index contributed by atoms with van der Waals surface area (Å²) < 4.78 is 6.19. The van der Waals surface area contributed by atoms with Gasteiger partial charge in [-0.15, -0.1) is 11.3 Å². The molecule has 1 aromatic heterocycles. The Morgan fingerprint density at radius 3 is 2.78 bits per heavy atom. The Bertz CT molecular complexity index is 328. The van der Waals surface area contributed by atoms with Gasteiger partial charge >= 0.3 is 0 Å². The predicted octanol–water partition coefficient (Wildman–Crippen LogP) is 3.01. The van der Waals surface area contributed by atoms with E-state index in [1.165, 1.54) is 37.0 Å². The van der Waals surface area contributed by atoms with Crippen LogP contribution in [0.1, 0.15) is 43.9 Å². The van der Waals surface area contributed by atoms with Crippen LogP contribution in [0.4, 0.5) is 0 Å². The minimum absolute atomic E-state index is 0.0335. The molecular weight excluding hydrogens is 244 g/mol. The lowest BCUT2D eigenvalue weighted by atomic mass is 9.78. The van der Waals surface area contributed by atoms with Gasteiger partial charge in [-0.25, -0.2) is 0 Å². The second kappa shape index (κ2) is 6.64. The van der Waals surface area contributed by atoms with E-state index in [1.54, 1.807) is 11.3 Å².